The van der Waals surface area contributed by atoms with Crippen LogP contribution in [0.3, 0.4) is 0 Å². The van der Waals surface area contributed by atoms with Crippen LogP contribution in [0.25, 0.3) is 10.9 Å². The number of hydrogen-bond donors (Lipinski definition) is 2. The highest BCUT2D eigenvalue weighted by Gasteiger charge is 2.13. The van der Waals surface area contributed by atoms with Crippen LogP contribution in [0, 0.1) is 0 Å². The van der Waals surface area contributed by atoms with Crippen LogP contribution in [-0.2, 0) is 13.0 Å². The molecule has 6 nitrogen and oxygen atoms in total. The number of hydrogen-bond acceptors (Lipinski definition) is 3. The van der Waals surface area contributed by atoms with E-state index >= 15 is 0 Å². The Morgan fingerprint density at radius 3 is 2.58 bits per heavy atom. The van der Waals surface area contributed by atoms with Crippen molar-refractivity contribution < 1.29 is 4.79 Å². The fraction of sp³-hybridized carbons (Fsp3) is 0.160. The molecule has 1 aromatic heterocycles. The number of halogens is 2. The summed E-state index contributed by atoms with van der Waals surface area (Å²) in [5.41, 5.74) is 2.30. The normalized spacial score (nSPS) is 10.9. The molecule has 0 radical (unpaired) electrons. The fourth-order valence-corrected chi connectivity index (χ4v) is 3.98. The minimum atomic E-state index is -0.461. The van der Waals surface area contributed by atoms with Crippen molar-refractivity contribution in [3.05, 3.63) is 98.5 Å². The Kier molecular flexibility index (Phi) is 6.96. The van der Waals surface area contributed by atoms with Gasteiger partial charge in [0.15, 0.2) is 0 Å². The van der Waals surface area contributed by atoms with Crippen LogP contribution >= 0.6 is 23.2 Å². The van der Waals surface area contributed by atoms with Gasteiger partial charge >= 0.3 is 6.03 Å². The van der Waals surface area contributed by atoms with E-state index in [1.807, 2.05) is 25.1 Å². The van der Waals surface area contributed by atoms with Crippen molar-refractivity contribution in [2.45, 2.75) is 26.3 Å². The first-order valence-corrected chi connectivity index (χ1v) is 11.3. The van der Waals surface area contributed by atoms with Gasteiger partial charge in [0.1, 0.15) is 5.82 Å². The smallest absolute Gasteiger partial charge is 0.308 e. The number of fused-ring (bicyclic) bond motifs is 1. The molecule has 0 aliphatic rings. The highest BCUT2D eigenvalue weighted by atomic mass is 35.5. The van der Waals surface area contributed by atoms with Gasteiger partial charge in [-0.3, -0.25) is 9.36 Å². The van der Waals surface area contributed by atoms with Crippen molar-refractivity contribution in [3.63, 3.8) is 0 Å². The Morgan fingerprint density at radius 2 is 1.82 bits per heavy atom. The number of nitrogens with zero attached hydrogens (tertiary/aromatic N) is 2. The van der Waals surface area contributed by atoms with E-state index in [0.717, 1.165) is 12.0 Å². The molecule has 0 aliphatic carbocycles. The van der Waals surface area contributed by atoms with Gasteiger partial charge in [-0.15, -0.1) is 0 Å². The van der Waals surface area contributed by atoms with E-state index in [9.17, 15) is 9.59 Å². The first-order valence-electron chi connectivity index (χ1n) is 10.5. The molecule has 168 valence electrons. The molecule has 0 spiro atoms. The standard InChI is InChI=1S/C25H22Cl2N4O2/c1-2-6-23-29-21-12-11-18(28-25(33)30-22-10-4-3-9-20(22)27)14-19(21)24(32)31(23)15-16-7-5-8-17(26)13-16/h3-5,7-14H,2,6,15H2,1H3,(H2,28,30,33). The summed E-state index contributed by atoms with van der Waals surface area (Å²) in [7, 11) is 0. The summed E-state index contributed by atoms with van der Waals surface area (Å²) in [5, 5.41) is 6.92. The predicted molar refractivity (Wildman–Crippen MR) is 135 cm³/mol. The largest absolute Gasteiger partial charge is 0.323 e. The number of benzene rings is 3. The van der Waals surface area contributed by atoms with Crippen LogP contribution in [0.4, 0.5) is 16.2 Å². The third-order valence-corrected chi connectivity index (χ3v) is 5.68. The van der Waals surface area contributed by atoms with E-state index < -0.39 is 6.03 Å². The molecule has 2 N–H and O–H groups in total. The van der Waals surface area contributed by atoms with Gasteiger partial charge in [-0.2, -0.15) is 0 Å². The van der Waals surface area contributed by atoms with Gasteiger partial charge in [-0.25, -0.2) is 9.78 Å². The zero-order chi connectivity index (χ0) is 23.4. The maximum Gasteiger partial charge on any atom is 0.323 e. The summed E-state index contributed by atoms with van der Waals surface area (Å²) in [6, 6.07) is 19.0. The summed E-state index contributed by atoms with van der Waals surface area (Å²) in [4.78, 5) is 30.6. The molecule has 0 fully saturated rings. The fourth-order valence-electron chi connectivity index (χ4n) is 3.59. The zero-order valence-corrected chi connectivity index (χ0v) is 19.5. The molecule has 33 heavy (non-hydrogen) atoms. The molecule has 1 heterocycles. The Labute approximate surface area is 201 Å². The van der Waals surface area contributed by atoms with Crippen LogP contribution in [-0.4, -0.2) is 15.6 Å². The van der Waals surface area contributed by atoms with Crippen LogP contribution in [0.2, 0.25) is 10.0 Å². The molecule has 0 unspecified atom stereocenters. The number of nitrogens with one attached hydrogen (secondary N) is 2. The second-order valence-electron chi connectivity index (χ2n) is 7.59. The maximum atomic E-state index is 13.4. The van der Waals surface area contributed by atoms with Crippen LogP contribution in [0.15, 0.2) is 71.5 Å². The molecule has 4 aromatic rings. The highest BCUT2D eigenvalue weighted by Crippen LogP contribution is 2.22. The number of amides is 2. The molecule has 0 atom stereocenters. The number of aromatic nitrogens is 2. The second-order valence-corrected chi connectivity index (χ2v) is 8.43. The molecule has 8 heteroatoms. The lowest BCUT2D eigenvalue weighted by molar-refractivity contribution is 0.262. The lowest BCUT2D eigenvalue weighted by atomic mass is 10.1. The van der Waals surface area contributed by atoms with Crippen molar-refractivity contribution >= 4 is 51.5 Å². The van der Waals surface area contributed by atoms with Crippen LogP contribution in [0.1, 0.15) is 24.7 Å². The van der Waals surface area contributed by atoms with Gasteiger partial charge in [0.2, 0.25) is 0 Å². The minimum Gasteiger partial charge on any atom is -0.308 e. The predicted octanol–water partition coefficient (Wildman–Crippen LogP) is 6.35. The Hall–Kier alpha value is -3.35. The highest BCUT2D eigenvalue weighted by molar-refractivity contribution is 6.33. The Balaban J connectivity index is 1.66. The van der Waals surface area contributed by atoms with Gasteiger partial charge in [0, 0.05) is 17.1 Å². The molecular weight excluding hydrogens is 459 g/mol. The van der Waals surface area contributed by atoms with Gasteiger partial charge < -0.3 is 10.6 Å². The summed E-state index contributed by atoms with van der Waals surface area (Å²) in [6.45, 7) is 2.41. The van der Waals surface area contributed by atoms with Crippen molar-refractivity contribution in [2.24, 2.45) is 0 Å². The topological polar surface area (TPSA) is 76.0 Å². The van der Waals surface area contributed by atoms with Crippen molar-refractivity contribution in [1.29, 1.82) is 0 Å². The second kappa shape index (κ2) is 10.1. The number of rotatable bonds is 6. The Morgan fingerprint density at radius 1 is 1.00 bits per heavy atom. The summed E-state index contributed by atoms with van der Waals surface area (Å²) < 4.78 is 1.67. The minimum absolute atomic E-state index is 0.168. The molecule has 0 saturated heterocycles. The zero-order valence-electron chi connectivity index (χ0n) is 17.9. The van der Waals surface area contributed by atoms with E-state index in [2.05, 4.69) is 10.6 Å². The molecular formula is C25H22Cl2N4O2. The average Bonchev–Trinajstić information content (AvgIpc) is 2.79. The van der Waals surface area contributed by atoms with Crippen molar-refractivity contribution in [3.8, 4) is 0 Å². The maximum absolute atomic E-state index is 13.4. The molecule has 4 rings (SSSR count). The average molecular weight is 481 g/mol. The van der Waals surface area contributed by atoms with Gasteiger partial charge in [0.25, 0.3) is 5.56 Å². The number of anilines is 2. The quantitative estimate of drug-likeness (QED) is 0.337. The summed E-state index contributed by atoms with van der Waals surface area (Å²) in [5.74, 6) is 0.715. The lowest BCUT2D eigenvalue weighted by Gasteiger charge is -2.14. The van der Waals surface area contributed by atoms with Gasteiger partial charge in [-0.1, -0.05) is 54.4 Å². The molecule has 0 bridgehead atoms. The molecule has 3 aromatic carbocycles. The molecule has 0 saturated carbocycles. The number of aryl methyl sites for hydroxylation is 1. The van der Waals surface area contributed by atoms with Gasteiger partial charge in [0.05, 0.1) is 28.2 Å². The monoisotopic (exact) mass is 480 g/mol. The van der Waals surface area contributed by atoms with E-state index in [0.29, 0.717) is 51.1 Å². The van der Waals surface area contributed by atoms with Crippen LogP contribution < -0.4 is 16.2 Å². The molecule has 0 aliphatic heterocycles. The first kappa shape index (κ1) is 22.8. The van der Waals surface area contributed by atoms with E-state index in [-0.39, 0.29) is 5.56 Å². The van der Waals surface area contributed by atoms with E-state index in [4.69, 9.17) is 28.2 Å². The summed E-state index contributed by atoms with van der Waals surface area (Å²) in [6.07, 6.45) is 1.53. The first-order chi connectivity index (χ1) is 15.9. The third kappa shape index (κ3) is 5.35. The lowest BCUT2D eigenvalue weighted by Crippen LogP contribution is -2.26. The van der Waals surface area contributed by atoms with Crippen molar-refractivity contribution in [1.82, 2.24) is 9.55 Å². The summed E-state index contributed by atoms with van der Waals surface area (Å²) >= 11 is 12.2. The third-order valence-electron chi connectivity index (χ3n) is 5.12. The number of carbonyl (C=O) groups excluding carboxylic acids is 1. The SMILES string of the molecule is CCCc1nc2ccc(NC(=O)Nc3ccccc3Cl)cc2c(=O)n1Cc1cccc(Cl)c1. The number of para-hydroxylation sites is 1. The number of urea groups is 1. The van der Waals surface area contributed by atoms with Gasteiger partial charge in [-0.05, 0) is 54.4 Å². The van der Waals surface area contributed by atoms with E-state index in [1.54, 1.807) is 53.1 Å². The number of carbonyl (C=O) groups is 1. The van der Waals surface area contributed by atoms with Crippen molar-refractivity contribution in [2.75, 3.05) is 10.6 Å². The molecule has 2 amide bonds. The van der Waals surface area contributed by atoms with Crippen LogP contribution in [0.5, 0.6) is 0 Å². The Bertz CT molecular complexity index is 1380. The van der Waals surface area contributed by atoms with E-state index in [1.165, 1.54) is 0 Å².